The van der Waals surface area contributed by atoms with Crippen LogP contribution < -0.4 is 10.9 Å². The summed E-state index contributed by atoms with van der Waals surface area (Å²) in [5.41, 5.74) is 4.10. The molecule has 25 heavy (non-hydrogen) atoms. The minimum Gasteiger partial charge on any atom is -0.377 e. The number of fused-ring (bicyclic) bond motifs is 1. The Morgan fingerprint density at radius 3 is 2.72 bits per heavy atom. The molecule has 3 rings (SSSR count). The Bertz CT molecular complexity index is 1070. The van der Waals surface area contributed by atoms with Gasteiger partial charge in [0.05, 0.1) is 28.5 Å². The number of hydrogen-bond donors (Lipinski definition) is 2. The first-order valence-electron chi connectivity index (χ1n) is 7.73. The van der Waals surface area contributed by atoms with Gasteiger partial charge in [-0.15, -0.1) is 0 Å². The normalized spacial score (nSPS) is 12.0. The van der Waals surface area contributed by atoms with Crippen molar-refractivity contribution in [1.82, 2.24) is 15.0 Å². The van der Waals surface area contributed by atoms with Crippen LogP contribution in [0.5, 0.6) is 0 Å². The lowest BCUT2D eigenvalue weighted by atomic mass is 10.0. The van der Waals surface area contributed by atoms with Crippen LogP contribution in [0.3, 0.4) is 0 Å². The van der Waals surface area contributed by atoms with Gasteiger partial charge in [-0.25, -0.2) is 9.97 Å². The van der Waals surface area contributed by atoms with Gasteiger partial charge in [0.1, 0.15) is 11.2 Å². The van der Waals surface area contributed by atoms with Crippen molar-refractivity contribution in [2.24, 2.45) is 0 Å². The average molecular weight is 354 g/mol. The van der Waals surface area contributed by atoms with Crippen LogP contribution in [-0.2, 0) is 0 Å². The van der Waals surface area contributed by atoms with Crippen LogP contribution in [0.1, 0.15) is 35.5 Å². The fourth-order valence-corrected chi connectivity index (χ4v) is 2.96. The number of halogens is 1. The van der Waals surface area contributed by atoms with E-state index in [1.165, 1.54) is 0 Å². The third-order valence-electron chi connectivity index (χ3n) is 3.97. The fourth-order valence-electron chi connectivity index (χ4n) is 2.77. The van der Waals surface area contributed by atoms with Crippen LogP contribution in [-0.4, -0.2) is 15.0 Å². The van der Waals surface area contributed by atoms with Crippen LogP contribution in [0, 0.1) is 25.2 Å². The highest BCUT2D eigenvalue weighted by Gasteiger charge is 2.15. The second-order valence-corrected chi connectivity index (χ2v) is 6.29. The summed E-state index contributed by atoms with van der Waals surface area (Å²) in [6.45, 7) is 5.81. The lowest BCUT2D eigenvalue weighted by molar-refractivity contribution is 0.881. The summed E-state index contributed by atoms with van der Waals surface area (Å²) in [5, 5.41) is 12.8. The SMILES string of the molecule is Cc1cc([C@@H](C)Nc2ccc(Cl)nc2C)c2[nH]c(=O)c(C#N)nc2c1. The number of benzene rings is 1. The molecule has 2 heterocycles. The summed E-state index contributed by atoms with van der Waals surface area (Å²) < 4.78 is 0. The number of aromatic amines is 1. The first kappa shape index (κ1) is 16.9. The number of nitrogens with one attached hydrogen (secondary N) is 2. The van der Waals surface area contributed by atoms with E-state index in [9.17, 15) is 4.79 Å². The molecule has 0 aliphatic heterocycles. The van der Waals surface area contributed by atoms with Crippen molar-refractivity contribution in [1.29, 1.82) is 5.26 Å². The zero-order valence-corrected chi connectivity index (χ0v) is 14.8. The lowest BCUT2D eigenvalue weighted by Gasteiger charge is -2.19. The molecular weight excluding hydrogens is 338 g/mol. The maximum atomic E-state index is 12.0. The second kappa shape index (κ2) is 6.54. The third kappa shape index (κ3) is 3.32. The van der Waals surface area contributed by atoms with E-state index in [2.05, 4.69) is 20.3 Å². The molecule has 2 N–H and O–H groups in total. The Labute approximate surface area is 149 Å². The van der Waals surface area contributed by atoms with Gasteiger partial charge in [0.15, 0.2) is 0 Å². The zero-order chi connectivity index (χ0) is 18.1. The van der Waals surface area contributed by atoms with Crippen molar-refractivity contribution in [2.45, 2.75) is 26.8 Å². The van der Waals surface area contributed by atoms with Crippen molar-refractivity contribution >= 4 is 28.3 Å². The minimum atomic E-state index is -0.489. The van der Waals surface area contributed by atoms with Gasteiger partial charge in [0.25, 0.3) is 5.56 Å². The summed E-state index contributed by atoms with van der Waals surface area (Å²) in [5.74, 6) is 0. The first-order chi connectivity index (χ1) is 11.9. The zero-order valence-electron chi connectivity index (χ0n) is 14.0. The topological polar surface area (TPSA) is 94.5 Å². The largest absolute Gasteiger partial charge is 0.377 e. The highest BCUT2D eigenvalue weighted by atomic mass is 35.5. The van der Waals surface area contributed by atoms with E-state index in [0.717, 1.165) is 22.5 Å². The number of aromatic nitrogens is 3. The Morgan fingerprint density at radius 1 is 1.28 bits per heavy atom. The molecule has 7 heteroatoms. The molecule has 0 saturated carbocycles. The van der Waals surface area contributed by atoms with Crippen molar-refractivity contribution in [3.05, 3.63) is 62.3 Å². The monoisotopic (exact) mass is 353 g/mol. The predicted octanol–water partition coefficient (Wildman–Crippen LogP) is 3.63. The van der Waals surface area contributed by atoms with E-state index >= 15 is 0 Å². The Kier molecular flexibility index (Phi) is 4.43. The number of rotatable bonds is 3. The molecule has 0 spiro atoms. The van der Waals surface area contributed by atoms with E-state index in [0.29, 0.717) is 16.2 Å². The van der Waals surface area contributed by atoms with Gasteiger partial charge < -0.3 is 10.3 Å². The van der Waals surface area contributed by atoms with E-state index in [1.807, 2.05) is 45.0 Å². The molecule has 6 nitrogen and oxygen atoms in total. The van der Waals surface area contributed by atoms with E-state index in [1.54, 1.807) is 6.07 Å². The van der Waals surface area contributed by atoms with Crippen molar-refractivity contribution in [3.63, 3.8) is 0 Å². The predicted molar refractivity (Wildman–Crippen MR) is 97.8 cm³/mol. The van der Waals surface area contributed by atoms with Crippen LogP contribution in [0.4, 0.5) is 5.69 Å². The Balaban J connectivity index is 2.09. The van der Waals surface area contributed by atoms with E-state index in [-0.39, 0.29) is 11.7 Å². The molecule has 0 unspecified atom stereocenters. The molecule has 0 amide bonds. The smallest absolute Gasteiger partial charge is 0.285 e. The molecule has 0 bridgehead atoms. The summed E-state index contributed by atoms with van der Waals surface area (Å²) in [7, 11) is 0. The van der Waals surface area contributed by atoms with Gasteiger partial charge >= 0.3 is 0 Å². The summed E-state index contributed by atoms with van der Waals surface area (Å²) in [6, 6.07) is 9.13. The number of nitrogens with zero attached hydrogens (tertiary/aromatic N) is 3. The molecule has 1 aromatic carbocycles. The fraction of sp³-hybridized carbons (Fsp3) is 0.222. The maximum absolute atomic E-state index is 12.0. The van der Waals surface area contributed by atoms with Crippen molar-refractivity contribution < 1.29 is 0 Å². The highest BCUT2D eigenvalue weighted by molar-refractivity contribution is 6.29. The molecular formula is C18H16ClN5O. The summed E-state index contributed by atoms with van der Waals surface area (Å²) >= 11 is 5.90. The molecule has 0 aliphatic carbocycles. The second-order valence-electron chi connectivity index (χ2n) is 5.91. The standard InChI is InChI=1S/C18H16ClN5O/c1-9-6-12(10(2)21-13-4-5-16(19)22-11(13)3)17-14(7-9)23-15(8-20)18(25)24-17/h4-7,10,21H,1-3H3,(H,24,25)/t10-/m1/s1. The average Bonchev–Trinajstić information content (AvgIpc) is 2.56. The number of H-pyrrole nitrogens is 1. The van der Waals surface area contributed by atoms with E-state index < -0.39 is 5.56 Å². The van der Waals surface area contributed by atoms with Crippen LogP contribution in [0.15, 0.2) is 29.1 Å². The van der Waals surface area contributed by atoms with Gasteiger partial charge in [-0.05, 0) is 44.5 Å². The number of anilines is 1. The lowest BCUT2D eigenvalue weighted by Crippen LogP contribution is -2.16. The number of pyridine rings is 1. The van der Waals surface area contributed by atoms with Gasteiger partial charge in [0.2, 0.25) is 5.69 Å². The van der Waals surface area contributed by atoms with E-state index in [4.69, 9.17) is 16.9 Å². The quantitative estimate of drug-likeness (QED) is 0.701. The number of aryl methyl sites for hydroxylation is 2. The van der Waals surface area contributed by atoms with Gasteiger partial charge in [-0.2, -0.15) is 5.26 Å². The Hall–Kier alpha value is -2.91. The van der Waals surface area contributed by atoms with Gasteiger partial charge in [0, 0.05) is 5.56 Å². The highest BCUT2D eigenvalue weighted by Crippen LogP contribution is 2.27. The number of nitriles is 1. The molecule has 126 valence electrons. The maximum Gasteiger partial charge on any atom is 0.285 e. The summed E-state index contributed by atoms with van der Waals surface area (Å²) in [4.78, 5) is 23.2. The van der Waals surface area contributed by atoms with Crippen LogP contribution in [0.25, 0.3) is 11.0 Å². The Morgan fingerprint density at radius 2 is 2.04 bits per heavy atom. The third-order valence-corrected chi connectivity index (χ3v) is 4.18. The van der Waals surface area contributed by atoms with Crippen molar-refractivity contribution in [3.8, 4) is 6.07 Å². The first-order valence-corrected chi connectivity index (χ1v) is 8.11. The number of hydrogen-bond acceptors (Lipinski definition) is 5. The molecule has 0 radical (unpaired) electrons. The minimum absolute atomic E-state index is 0.116. The molecule has 0 saturated heterocycles. The van der Waals surface area contributed by atoms with Crippen LogP contribution >= 0.6 is 11.6 Å². The van der Waals surface area contributed by atoms with Crippen LogP contribution in [0.2, 0.25) is 5.15 Å². The van der Waals surface area contributed by atoms with Crippen molar-refractivity contribution in [2.75, 3.05) is 5.32 Å². The molecule has 0 fully saturated rings. The van der Waals surface area contributed by atoms with Gasteiger partial charge in [-0.3, -0.25) is 4.79 Å². The molecule has 2 aromatic heterocycles. The molecule has 1 atom stereocenters. The van der Waals surface area contributed by atoms with Gasteiger partial charge in [-0.1, -0.05) is 17.7 Å². The molecule has 3 aromatic rings. The molecule has 0 aliphatic rings. The summed E-state index contributed by atoms with van der Waals surface area (Å²) in [6.07, 6.45) is 0.